The van der Waals surface area contributed by atoms with Gasteiger partial charge in [-0.15, -0.1) is 0 Å². The van der Waals surface area contributed by atoms with Crippen molar-refractivity contribution in [3.05, 3.63) is 52.5 Å². The van der Waals surface area contributed by atoms with E-state index in [-0.39, 0.29) is 18.4 Å². The molecule has 2 aromatic carbocycles. The monoisotopic (exact) mass is 351 g/mol. The SMILES string of the molecule is CC(=O)Nc1cccc(NCC(=O)Nc2cc(Cl)ccc2Cl)c1. The van der Waals surface area contributed by atoms with Gasteiger partial charge in [0.15, 0.2) is 0 Å². The second-order valence-electron chi connectivity index (χ2n) is 4.79. The molecule has 0 atom stereocenters. The van der Waals surface area contributed by atoms with Crippen molar-refractivity contribution < 1.29 is 9.59 Å². The third kappa shape index (κ3) is 5.47. The van der Waals surface area contributed by atoms with Gasteiger partial charge in [0.25, 0.3) is 0 Å². The van der Waals surface area contributed by atoms with E-state index in [1.165, 1.54) is 6.92 Å². The van der Waals surface area contributed by atoms with Crippen LogP contribution < -0.4 is 16.0 Å². The second-order valence-corrected chi connectivity index (χ2v) is 5.63. The highest BCUT2D eigenvalue weighted by atomic mass is 35.5. The molecule has 7 heteroatoms. The number of nitrogens with one attached hydrogen (secondary N) is 3. The molecule has 0 aliphatic rings. The van der Waals surface area contributed by atoms with Crippen molar-refractivity contribution in [1.29, 1.82) is 0 Å². The van der Waals surface area contributed by atoms with Crippen LogP contribution in [0, 0.1) is 0 Å². The van der Waals surface area contributed by atoms with Gasteiger partial charge >= 0.3 is 0 Å². The van der Waals surface area contributed by atoms with Crippen LogP contribution in [0.15, 0.2) is 42.5 Å². The smallest absolute Gasteiger partial charge is 0.243 e. The Morgan fingerprint density at radius 3 is 2.48 bits per heavy atom. The summed E-state index contributed by atoms with van der Waals surface area (Å²) in [5.74, 6) is -0.422. The largest absolute Gasteiger partial charge is 0.376 e. The van der Waals surface area contributed by atoms with Gasteiger partial charge < -0.3 is 16.0 Å². The van der Waals surface area contributed by atoms with E-state index in [9.17, 15) is 9.59 Å². The highest BCUT2D eigenvalue weighted by molar-refractivity contribution is 6.35. The Kier molecular flexibility index (Phi) is 5.84. The molecule has 0 radical (unpaired) electrons. The van der Waals surface area contributed by atoms with Gasteiger partial charge in [-0.1, -0.05) is 29.3 Å². The van der Waals surface area contributed by atoms with Crippen LogP contribution >= 0.6 is 23.2 Å². The summed E-state index contributed by atoms with van der Waals surface area (Å²) in [5, 5.41) is 9.23. The van der Waals surface area contributed by atoms with Crippen molar-refractivity contribution in [2.75, 3.05) is 22.5 Å². The minimum Gasteiger partial charge on any atom is -0.376 e. The molecular formula is C16H15Cl2N3O2. The molecule has 120 valence electrons. The van der Waals surface area contributed by atoms with Gasteiger partial charge in [-0.2, -0.15) is 0 Å². The lowest BCUT2D eigenvalue weighted by molar-refractivity contribution is -0.115. The van der Waals surface area contributed by atoms with Crippen LogP contribution in [-0.2, 0) is 9.59 Å². The molecule has 0 aromatic heterocycles. The molecule has 0 fully saturated rings. The van der Waals surface area contributed by atoms with Gasteiger partial charge in [-0.05, 0) is 36.4 Å². The van der Waals surface area contributed by atoms with E-state index in [4.69, 9.17) is 23.2 Å². The van der Waals surface area contributed by atoms with Crippen molar-refractivity contribution >= 4 is 52.1 Å². The minimum absolute atomic E-state index is 0.0480. The molecule has 0 aliphatic carbocycles. The minimum atomic E-state index is -0.265. The van der Waals surface area contributed by atoms with E-state index in [0.29, 0.717) is 27.1 Å². The molecule has 2 amide bonds. The fourth-order valence-electron chi connectivity index (χ4n) is 1.88. The number of rotatable bonds is 5. The molecule has 0 saturated heterocycles. The zero-order valence-electron chi connectivity index (χ0n) is 12.3. The van der Waals surface area contributed by atoms with E-state index in [0.717, 1.165) is 0 Å². The third-order valence-corrected chi connectivity index (χ3v) is 3.40. The molecule has 3 N–H and O–H groups in total. The van der Waals surface area contributed by atoms with Crippen LogP contribution in [0.25, 0.3) is 0 Å². The molecule has 0 heterocycles. The Balaban J connectivity index is 1.94. The van der Waals surface area contributed by atoms with Crippen LogP contribution in [0.1, 0.15) is 6.92 Å². The van der Waals surface area contributed by atoms with Crippen molar-refractivity contribution in [1.82, 2.24) is 0 Å². The summed E-state index contributed by atoms with van der Waals surface area (Å²) in [6, 6.07) is 11.9. The maximum absolute atomic E-state index is 12.0. The summed E-state index contributed by atoms with van der Waals surface area (Å²) in [4.78, 5) is 23.0. The van der Waals surface area contributed by atoms with Crippen LogP contribution in [0.2, 0.25) is 10.0 Å². The lowest BCUT2D eigenvalue weighted by Gasteiger charge is -2.10. The Labute approximate surface area is 144 Å². The van der Waals surface area contributed by atoms with Gasteiger partial charge in [-0.3, -0.25) is 9.59 Å². The Hall–Kier alpha value is -2.24. The van der Waals surface area contributed by atoms with Gasteiger partial charge in [0.2, 0.25) is 11.8 Å². The fourth-order valence-corrected chi connectivity index (χ4v) is 2.22. The molecule has 0 spiro atoms. The molecular weight excluding hydrogens is 337 g/mol. The highest BCUT2D eigenvalue weighted by Gasteiger charge is 2.07. The van der Waals surface area contributed by atoms with Crippen molar-refractivity contribution in [2.45, 2.75) is 6.92 Å². The fraction of sp³-hybridized carbons (Fsp3) is 0.125. The quantitative estimate of drug-likeness (QED) is 0.762. The van der Waals surface area contributed by atoms with E-state index in [1.807, 2.05) is 0 Å². The highest BCUT2D eigenvalue weighted by Crippen LogP contribution is 2.25. The number of anilines is 3. The van der Waals surface area contributed by atoms with E-state index < -0.39 is 0 Å². The Morgan fingerprint density at radius 1 is 1.00 bits per heavy atom. The van der Waals surface area contributed by atoms with Crippen LogP contribution in [-0.4, -0.2) is 18.4 Å². The van der Waals surface area contributed by atoms with Crippen LogP contribution in [0.3, 0.4) is 0 Å². The Bertz CT molecular complexity index is 735. The molecule has 0 unspecified atom stereocenters. The van der Waals surface area contributed by atoms with Gasteiger partial charge in [0.05, 0.1) is 17.3 Å². The summed E-state index contributed by atoms with van der Waals surface area (Å²) in [5.41, 5.74) is 1.82. The molecule has 2 aromatic rings. The predicted molar refractivity (Wildman–Crippen MR) is 94.3 cm³/mol. The van der Waals surface area contributed by atoms with Crippen molar-refractivity contribution in [2.24, 2.45) is 0 Å². The predicted octanol–water partition coefficient (Wildman–Crippen LogP) is 4.00. The number of carbonyl (C=O) groups is 2. The van der Waals surface area contributed by atoms with E-state index >= 15 is 0 Å². The van der Waals surface area contributed by atoms with E-state index in [2.05, 4.69) is 16.0 Å². The topological polar surface area (TPSA) is 70.2 Å². The standard InChI is InChI=1S/C16H15Cl2N3O2/c1-10(22)20-13-4-2-3-12(8-13)19-9-16(23)21-15-7-11(17)5-6-14(15)18/h2-8,19H,9H2,1H3,(H,20,22)(H,21,23). The normalized spacial score (nSPS) is 10.0. The average molecular weight is 352 g/mol. The number of carbonyl (C=O) groups excluding carboxylic acids is 2. The number of benzene rings is 2. The van der Waals surface area contributed by atoms with Gasteiger partial charge in [0.1, 0.15) is 0 Å². The van der Waals surface area contributed by atoms with Gasteiger partial charge in [0, 0.05) is 23.3 Å². The van der Waals surface area contributed by atoms with Crippen LogP contribution in [0.4, 0.5) is 17.1 Å². The first kappa shape index (κ1) is 17.1. The lowest BCUT2D eigenvalue weighted by Crippen LogP contribution is -2.22. The number of hydrogen-bond acceptors (Lipinski definition) is 3. The van der Waals surface area contributed by atoms with Crippen molar-refractivity contribution in [3.63, 3.8) is 0 Å². The lowest BCUT2D eigenvalue weighted by atomic mass is 10.2. The number of amides is 2. The summed E-state index contributed by atoms with van der Waals surface area (Å²) >= 11 is 11.9. The number of halogens is 2. The first-order valence-electron chi connectivity index (χ1n) is 6.80. The van der Waals surface area contributed by atoms with Crippen molar-refractivity contribution in [3.8, 4) is 0 Å². The molecule has 0 aliphatic heterocycles. The molecule has 23 heavy (non-hydrogen) atoms. The van der Waals surface area contributed by atoms with E-state index in [1.54, 1.807) is 42.5 Å². The zero-order valence-corrected chi connectivity index (χ0v) is 13.8. The maximum atomic E-state index is 12.0. The molecule has 0 bridgehead atoms. The molecule has 2 rings (SSSR count). The molecule has 5 nitrogen and oxygen atoms in total. The van der Waals surface area contributed by atoms with Gasteiger partial charge in [-0.25, -0.2) is 0 Å². The Morgan fingerprint density at radius 2 is 1.74 bits per heavy atom. The first-order valence-corrected chi connectivity index (χ1v) is 7.56. The third-order valence-electron chi connectivity index (χ3n) is 2.84. The summed E-state index contributed by atoms with van der Waals surface area (Å²) in [6.45, 7) is 1.48. The summed E-state index contributed by atoms with van der Waals surface area (Å²) in [6.07, 6.45) is 0. The van der Waals surface area contributed by atoms with Crippen LogP contribution in [0.5, 0.6) is 0 Å². The average Bonchev–Trinajstić information content (AvgIpc) is 2.49. The number of hydrogen-bond donors (Lipinski definition) is 3. The summed E-state index contributed by atoms with van der Waals surface area (Å²) < 4.78 is 0. The second kappa shape index (κ2) is 7.85. The first-order chi connectivity index (χ1) is 10.9. The molecule has 0 saturated carbocycles. The maximum Gasteiger partial charge on any atom is 0.243 e. The zero-order chi connectivity index (χ0) is 16.8. The summed E-state index contributed by atoms with van der Waals surface area (Å²) in [7, 11) is 0.